The first-order valence-electron chi connectivity index (χ1n) is 9.06. The van der Waals surface area contributed by atoms with Crippen LogP contribution in [0.3, 0.4) is 0 Å². The molecule has 27 heavy (non-hydrogen) atoms. The number of benzene rings is 1. The minimum absolute atomic E-state index is 0.272. The number of amides is 1. The summed E-state index contributed by atoms with van der Waals surface area (Å²) in [6.45, 7) is 2.71. The number of rotatable bonds is 6. The number of nitrogens with one attached hydrogen (secondary N) is 3. The first-order valence-corrected chi connectivity index (χ1v) is 9.06. The zero-order valence-corrected chi connectivity index (χ0v) is 15.5. The molecule has 2 heterocycles. The van der Waals surface area contributed by atoms with E-state index in [-0.39, 0.29) is 5.91 Å². The molecule has 1 aromatic heterocycles. The summed E-state index contributed by atoms with van der Waals surface area (Å²) >= 11 is 0. The molecule has 9 nitrogen and oxygen atoms in total. The molecule has 0 atom stereocenters. The molecule has 1 aliphatic heterocycles. The van der Waals surface area contributed by atoms with Crippen LogP contribution in [-0.4, -0.2) is 64.7 Å². The van der Waals surface area contributed by atoms with Crippen molar-refractivity contribution in [3.8, 4) is 11.4 Å². The Balaban J connectivity index is 1.49. The lowest BCUT2D eigenvalue weighted by Crippen LogP contribution is -2.49. The third-order valence-electron chi connectivity index (χ3n) is 4.61. The minimum Gasteiger partial charge on any atom is -0.369 e. The molecule has 144 valence electrons. The quantitative estimate of drug-likeness (QED) is 0.422. The molecule has 2 aromatic rings. The molecule has 5 N–H and O–H groups in total. The highest BCUT2D eigenvalue weighted by Crippen LogP contribution is 2.15. The molecule has 1 aliphatic rings. The number of nitrogens with zero attached hydrogens (tertiary/aromatic N) is 4. The number of likely N-dealkylation sites (tertiary alicyclic amines) is 1. The van der Waals surface area contributed by atoms with Crippen LogP contribution in [0, 0.1) is 0 Å². The Kier molecular flexibility index (Phi) is 6.37. The fraction of sp³-hybridized carbons (Fsp3) is 0.444. The van der Waals surface area contributed by atoms with Gasteiger partial charge in [0.15, 0.2) is 11.8 Å². The van der Waals surface area contributed by atoms with Crippen LogP contribution >= 0.6 is 0 Å². The largest absolute Gasteiger partial charge is 0.369 e. The molecular formula is C18H26N8O. The molecular weight excluding hydrogens is 344 g/mol. The maximum atomic E-state index is 11.0. The molecule has 0 radical (unpaired) electrons. The van der Waals surface area contributed by atoms with E-state index in [0.717, 1.165) is 48.8 Å². The average Bonchev–Trinajstić information content (AvgIpc) is 3.21. The summed E-state index contributed by atoms with van der Waals surface area (Å²) in [5, 5.41) is 13.6. The highest BCUT2D eigenvalue weighted by molar-refractivity contribution is 5.80. The predicted molar refractivity (Wildman–Crippen MR) is 104 cm³/mol. The maximum absolute atomic E-state index is 11.0. The number of aromatic nitrogens is 3. The van der Waals surface area contributed by atoms with E-state index in [1.165, 1.54) is 6.33 Å². The predicted octanol–water partition coefficient (Wildman–Crippen LogP) is 0.0864. The summed E-state index contributed by atoms with van der Waals surface area (Å²) in [5.74, 6) is 1.25. The van der Waals surface area contributed by atoms with Gasteiger partial charge < -0.3 is 16.4 Å². The van der Waals surface area contributed by atoms with Gasteiger partial charge in [-0.15, -0.1) is 0 Å². The third kappa shape index (κ3) is 5.52. The molecule has 1 aromatic carbocycles. The number of hydrogen-bond donors (Lipinski definition) is 4. The second-order valence-electron chi connectivity index (χ2n) is 6.62. The van der Waals surface area contributed by atoms with Gasteiger partial charge in [0, 0.05) is 38.3 Å². The topological polar surface area (TPSA) is 124 Å². The number of nitrogens with two attached hydrogens (primary N) is 1. The highest BCUT2D eigenvalue weighted by Gasteiger charge is 2.20. The fourth-order valence-electron chi connectivity index (χ4n) is 3.20. The standard InChI is InChI=1S/C18H26N8O/c1-20-18(24-15-5-7-26(8-6-15)11-16(19)27)21-10-13-3-2-4-14(9-13)17-22-12-23-25-17/h2-4,9,12,15H,5-8,10-11H2,1H3,(H2,19,27)(H2,20,21,24)(H,22,23,25). The van der Waals surface area contributed by atoms with Gasteiger partial charge in [-0.25, -0.2) is 4.98 Å². The zero-order valence-electron chi connectivity index (χ0n) is 15.5. The highest BCUT2D eigenvalue weighted by atomic mass is 16.1. The van der Waals surface area contributed by atoms with E-state index in [0.29, 0.717) is 19.1 Å². The van der Waals surface area contributed by atoms with Gasteiger partial charge in [0.25, 0.3) is 0 Å². The van der Waals surface area contributed by atoms with Crippen molar-refractivity contribution in [2.75, 3.05) is 26.7 Å². The number of aromatic amines is 1. The van der Waals surface area contributed by atoms with E-state index in [9.17, 15) is 4.79 Å². The molecule has 0 bridgehead atoms. The summed E-state index contributed by atoms with van der Waals surface area (Å²) in [5.41, 5.74) is 7.39. The lowest BCUT2D eigenvalue weighted by molar-refractivity contribution is -0.119. The van der Waals surface area contributed by atoms with Crippen molar-refractivity contribution < 1.29 is 4.79 Å². The molecule has 9 heteroatoms. The van der Waals surface area contributed by atoms with E-state index >= 15 is 0 Å². The van der Waals surface area contributed by atoms with Gasteiger partial charge in [-0.3, -0.25) is 19.8 Å². The van der Waals surface area contributed by atoms with Gasteiger partial charge in [0.2, 0.25) is 5.91 Å². The average molecular weight is 370 g/mol. The van der Waals surface area contributed by atoms with Crippen molar-refractivity contribution in [1.29, 1.82) is 0 Å². The molecule has 0 unspecified atom stereocenters. The van der Waals surface area contributed by atoms with Crippen LogP contribution in [-0.2, 0) is 11.3 Å². The minimum atomic E-state index is -0.272. The lowest BCUT2D eigenvalue weighted by atomic mass is 10.1. The molecule has 3 rings (SSSR count). The van der Waals surface area contributed by atoms with Crippen LogP contribution in [0.4, 0.5) is 0 Å². The Labute approximate surface area is 158 Å². The Morgan fingerprint density at radius 1 is 1.41 bits per heavy atom. The SMILES string of the molecule is CN=C(NCc1cccc(-c2ncn[nH]2)c1)NC1CCN(CC(N)=O)CC1. The van der Waals surface area contributed by atoms with Crippen molar-refractivity contribution in [3.05, 3.63) is 36.2 Å². The van der Waals surface area contributed by atoms with Crippen molar-refractivity contribution in [1.82, 2.24) is 30.7 Å². The third-order valence-corrected chi connectivity index (χ3v) is 4.61. The number of piperidine rings is 1. The Morgan fingerprint density at radius 2 is 2.22 bits per heavy atom. The maximum Gasteiger partial charge on any atom is 0.231 e. The van der Waals surface area contributed by atoms with Gasteiger partial charge in [0.05, 0.1) is 6.54 Å². The zero-order chi connectivity index (χ0) is 19.1. The molecule has 0 saturated carbocycles. The normalized spacial score (nSPS) is 16.3. The van der Waals surface area contributed by atoms with E-state index in [1.807, 2.05) is 12.1 Å². The number of hydrogen-bond acceptors (Lipinski definition) is 5. The number of H-pyrrole nitrogens is 1. The summed E-state index contributed by atoms with van der Waals surface area (Å²) in [6.07, 6.45) is 3.41. The second kappa shape index (κ2) is 9.13. The van der Waals surface area contributed by atoms with Gasteiger partial charge in [-0.2, -0.15) is 5.10 Å². The van der Waals surface area contributed by atoms with Gasteiger partial charge >= 0.3 is 0 Å². The lowest BCUT2D eigenvalue weighted by Gasteiger charge is -2.32. The van der Waals surface area contributed by atoms with Gasteiger partial charge in [-0.05, 0) is 24.5 Å². The van der Waals surface area contributed by atoms with Gasteiger partial charge in [-0.1, -0.05) is 18.2 Å². The molecule has 1 amide bonds. The Bertz CT molecular complexity index is 765. The smallest absolute Gasteiger partial charge is 0.231 e. The van der Waals surface area contributed by atoms with E-state index < -0.39 is 0 Å². The van der Waals surface area contributed by atoms with Crippen LogP contribution in [0.1, 0.15) is 18.4 Å². The number of guanidine groups is 1. The van der Waals surface area contributed by atoms with Crippen molar-refractivity contribution in [3.63, 3.8) is 0 Å². The van der Waals surface area contributed by atoms with Crippen LogP contribution in [0.2, 0.25) is 0 Å². The number of aliphatic imine (C=N–C) groups is 1. The van der Waals surface area contributed by atoms with E-state index in [2.05, 4.69) is 47.8 Å². The van der Waals surface area contributed by atoms with Crippen molar-refractivity contribution >= 4 is 11.9 Å². The summed E-state index contributed by atoms with van der Waals surface area (Å²) in [7, 11) is 1.77. The first kappa shape index (κ1) is 18.8. The Morgan fingerprint density at radius 3 is 2.89 bits per heavy atom. The van der Waals surface area contributed by atoms with Gasteiger partial charge in [0.1, 0.15) is 6.33 Å². The fourth-order valence-corrected chi connectivity index (χ4v) is 3.20. The van der Waals surface area contributed by atoms with Crippen LogP contribution in [0.15, 0.2) is 35.6 Å². The van der Waals surface area contributed by atoms with Crippen LogP contribution in [0.25, 0.3) is 11.4 Å². The molecule has 0 aliphatic carbocycles. The summed E-state index contributed by atoms with van der Waals surface area (Å²) in [4.78, 5) is 21.6. The number of carbonyl (C=O) groups is 1. The molecule has 1 saturated heterocycles. The molecule has 1 fully saturated rings. The van der Waals surface area contributed by atoms with Crippen LogP contribution in [0.5, 0.6) is 0 Å². The molecule has 0 spiro atoms. The number of carbonyl (C=O) groups excluding carboxylic acids is 1. The van der Waals surface area contributed by atoms with E-state index in [4.69, 9.17) is 5.73 Å². The second-order valence-corrected chi connectivity index (χ2v) is 6.62. The van der Waals surface area contributed by atoms with Crippen molar-refractivity contribution in [2.45, 2.75) is 25.4 Å². The monoisotopic (exact) mass is 370 g/mol. The van der Waals surface area contributed by atoms with Crippen LogP contribution < -0.4 is 16.4 Å². The van der Waals surface area contributed by atoms with E-state index in [1.54, 1.807) is 7.05 Å². The number of primary amides is 1. The summed E-state index contributed by atoms with van der Waals surface area (Å²) < 4.78 is 0. The summed E-state index contributed by atoms with van der Waals surface area (Å²) in [6, 6.07) is 8.46. The Hall–Kier alpha value is -2.94. The first-order chi connectivity index (χ1) is 13.1. The van der Waals surface area contributed by atoms with Crippen molar-refractivity contribution in [2.24, 2.45) is 10.7 Å².